The summed E-state index contributed by atoms with van der Waals surface area (Å²) >= 11 is 0. The fourth-order valence-corrected chi connectivity index (χ4v) is 4.41. The first-order valence-corrected chi connectivity index (χ1v) is 8.35. The van der Waals surface area contributed by atoms with Crippen LogP contribution in [0, 0.1) is 39.9 Å². The van der Waals surface area contributed by atoms with Crippen molar-refractivity contribution in [1.82, 2.24) is 0 Å². The molecule has 2 aliphatic carbocycles. The number of ether oxygens (including phenoxy) is 1. The monoisotopic (exact) mass is 300 g/mol. The van der Waals surface area contributed by atoms with Gasteiger partial charge in [-0.05, 0) is 24.2 Å². The fourth-order valence-electron chi connectivity index (χ4n) is 4.41. The molecule has 1 heterocycles. The molecular formula is C18H24N2O2. The highest BCUT2D eigenvalue weighted by molar-refractivity contribution is 6.00. The molecule has 0 aromatic carbocycles. The Balaban J connectivity index is 2.03. The Morgan fingerprint density at radius 1 is 1.23 bits per heavy atom. The van der Waals surface area contributed by atoms with Gasteiger partial charge in [0.15, 0.2) is 5.78 Å². The summed E-state index contributed by atoms with van der Waals surface area (Å²) in [6, 6.07) is 2.24. The van der Waals surface area contributed by atoms with Crippen LogP contribution in [0.15, 0.2) is 11.3 Å². The molecule has 0 amide bonds. The average molecular weight is 300 g/mol. The van der Waals surface area contributed by atoms with Crippen molar-refractivity contribution >= 4 is 11.7 Å². The van der Waals surface area contributed by atoms with Crippen LogP contribution in [0.2, 0.25) is 0 Å². The van der Waals surface area contributed by atoms with E-state index in [0.717, 1.165) is 31.3 Å². The van der Waals surface area contributed by atoms with Gasteiger partial charge < -0.3 is 4.74 Å². The molecule has 0 radical (unpaired) electrons. The molecule has 2 unspecified atom stereocenters. The lowest BCUT2D eigenvalue weighted by molar-refractivity contribution is -0.119. The second kappa shape index (κ2) is 5.53. The highest BCUT2D eigenvalue weighted by Crippen LogP contribution is 2.48. The number of allylic oxidation sites excluding steroid dienone is 2. The van der Waals surface area contributed by atoms with Crippen LogP contribution in [0.5, 0.6) is 0 Å². The highest BCUT2D eigenvalue weighted by Gasteiger charge is 2.48. The van der Waals surface area contributed by atoms with Gasteiger partial charge in [0.2, 0.25) is 5.90 Å². The molecule has 0 aromatic heterocycles. The minimum absolute atomic E-state index is 0.0438. The van der Waals surface area contributed by atoms with Crippen LogP contribution in [0.4, 0.5) is 0 Å². The Kier molecular flexibility index (Phi) is 3.84. The van der Waals surface area contributed by atoms with Crippen LogP contribution >= 0.6 is 0 Å². The van der Waals surface area contributed by atoms with Gasteiger partial charge in [-0.1, -0.05) is 33.1 Å². The molecule has 3 aliphatic rings. The summed E-state index contributed by atoms with van der Waals surface area (Å²) in [7, 11) is 0. The molecule has 0 bridgehead atoms. The molecule has 2 atom stereocenters. The van der Waals surface area contributed by atoms with E-state index in [-0.39, 0.29) is 23.0 Å². The fraction of sp³-hybridized carbons (Fsp3) is 0.722. The Morgan fingerprint density at radius 2 is 1.91 bits per heavy atom. The Labute approximate surface area is 132 Å². The van der Waals surface area contributed by atoms with Gasteiger partial charge >= 0.3 is 0 Å². The SMILES string of the molecule is CC1(C)CC(=O)C2=C(C1)OC(=N)C(C#N)C2C1CCCCC1. The summed E-state index contributed by atoms with van der Waals surface area (Å²) < 4.78 is 5.64. The summed E-state index contributed by atoms with van der Waals surface area (Å²) in [6.07, 6.45) is 6.89. The number of carbonyl (C=O) groups excluding carboxylic acids is 1. The van der Waals surface area contributed by atoms with E-state index in [4.69, 9.17) is 10.1 Å². The van der Waals surface area contributed by atoms with Gasteiger partial charge in [0.1, 0.15) is 11.7 Å². The lowest BCUT2D eigenvalue weighted by Crippen LogP contribution is -2.42. The van der Waals surface area contributed by atoms with Crippen LogP contribution in [0.3, 0.4) is 0 Å². The first kappa shape index (κ1) is 15.3. The maximum absolute atomic E-state index is 12.7. The quantitative estimate of drug-likeness (QED) is 0.796. The molecule has 4 nitrogen and oxygen atoms in total. The van der Waals surface area contributed by atoms with E-state index in [1.54, 1.807) is 0 Å². The largest absolute Gasteiger partial charge is 0.446 e. The molecule has 0 aromatic rings. The number of rotatable bonds is 1. The predicted octanol–water partition coefficient (Wildman–Crippen LogP) is 3.97. The molecule has 118 valence electrons. The maximum atomic E-state index is 12.7. The first-order valence-electron chi connectivity index (χ1n) is 8.35. The van der Waals surface area contributed by atoms with Gasteiger partial charge in [-0.2, -0.15) is 5.26 Å². The van der Waals surface area contributed by atoms with Crippen molar-refractivity contribution in [2.45, 2.75) is 58.8 Å². The van der Waals surface area contributed by atoms with Crippen molar-refractivity contribution in [3.8, 4) is 6.07 Å². The molecule has 0 spiro atoms. The van der Waals surface area contributed by atoms with Gasteiger partial charge in [0.05, 0.1) is 6.07 Å². The van der Waals surface area contributed by atoms with Gasteiger partial charge in [-0.3, -0.25) is 10.2 Å². The van der Waals surface area contributed by atoms with Crippen molar-refractivity contribution in [3.05, 3.63) is 11.3 Å². The molecule has 1 aliphatic heterocycles. The zero-order valence-electron chi connectivity index (χ0n) is 13.4. The van der Waals surface area contributed by atoms with Gasteiger partial charge in [0.25, 0.3) is 0 Å². The van der Waals surface area contributed by atoms with Crippen molar-refractivity contribution in [3.63, 3.8) is 0 Å². The van der Waals surface area contributed by atoms with E-state index in [1.165, 1.54) is 6.42 Å². The Hall–Kier alpha value is -1.63. The summed E-state index contributed by atoms with van der Waals surface area (Å²) in [5.74, 6) is 0.486. The van der Waals surface area contributed by atoms with Crippen LogP contribution < -0.4 is 0 Å². The molecule has 1 saturated carbocycles. The molecule has 1 fully saturated rings. The van der Waals surface area contributed by atoms with E-state index >= 15 is 0 Å². The number of nitriles is 1. The normalized spacial score (nSPS) is 32.2. The second-order valence-electron chi connectivity index (χ2n) is 7.77. The minimum atomic E-state index is -0.591. The van der Waals surface area contributed by atoms with Gasteiger partial charge in [-0.15, -0.1) is 0 Å². The van der Waals surface area contributed by atoms with Crippen molar-refractivity contribution in [2.75, 3.05) is 0 Å². The van der Waals surface area contributed by atoms with Gasteiger partial charge in [0, 0.05) is 24.3 Å². The number of carbonyl (C=O) groups is 1. The predicted molar refractivity (Wildman–Crippen MR) is 83.0 cm³/mol. The first-order chi connectivity index (χ1) is 10.4. The zero-order chi connectivity index (χ0) is 15.9. The topological polar surface area (TPSA) is 73.9 Å². The zero-order valence-corrected chi connectivity index (χ0v) is 13.4. The third-order valence-corrected chi connectivity index (χ3v) is 5.38. The number of nitrogens with one attached hydrogen (secondary N) is 1. The van der Waals surface area contributed by atoms with Crippen molar-refractivity contribution in [1.29, 1.82) is 10.7 Å². The maximum Gasteiger partial charge on any atom is 0.204 e. The van der Waals surface area contributed by atoms with E-state index in [1.807, 2.05) is 0 Å². The van der Waals surface area contributed by atoms with Gasteiger partial charge in [-0.25, -0.2) is 0 Å². The van der Waals surface area contributed by atoms with Crippen molar-refractivity contribution in [2.24, 2.45) is 23.2 Å². The third-order valence-electron chi connectivity index (χ3n) is 5.38. The Morgan fingerprint density at radius 3 is 2.55 bits per heavy atom. The van der Waals surface area contributed by atoms with E-state index in [9.17, 15) is 10.1 Å². The van der Waals surface area contributed by atoms with E-state index < -0.39 is 5.92 Å². The summed E-state index contributed by atoms with van der Waals surface area (Å²) in [5.41, 5.74) is 0.626. The average Bonchev–Trinajstić information content (AvgIpc) is 2.45. The number of hydrogen-bond donors (Lipinski definition) is 1. The number of ketones is 1. The molecule has 1 N–H and O–H groups in total. The number of Topliss-reactive ketones (excluding diaryl/α,β-unsaturated/α-hetero) is 1. The minimum Gasteiger partial charge on any atom is -0.446 e. The standard InChI is InChI=1S/C18H24N2O2/c1-18(2)8-13(21)16-14(9-18)22-17(20)12(10-19)15(16)11-6-4-3-5-7-11/h11-12,15,20H,3-9H2,1-2H3. The third kappa shape index (κ3) is 2.58. The number of hydrogen-bond acceptors (Lipinski definition) is 4. The second-order valence-corrected chi connectivity index (χ2v) is 7.77. The van der Waals surface area contributed by atoms with Crippen LogP contribution in [0.1, 0.15) is 58.8 Å². The number of nitrogens with zero attached hydrogens (tertiary/aromatic N) is 1. The summed E-state index contributed by atoms with van der Waals surface area (Å²) in [6.45, 7) is 4.13. The van der Waals surface area contributed by atoms with Crippen molar-refractivity contribution < 1.29 is 9.53 Å². The van der Waals surface area contributed by atoms with Crippen LogP contribution in [-0.2, 0) is 9.53 Å². The summed E-state index contributed by atoms with van der Waals surface area (Å²) in [5, 5.41) is 17.7. The highest BCUT2D eigenvalue weighted by atomic mass is 16.5. The molecular weight excluding hydrogens is 276 g/mol. The van der Waals surface area contributed by atoms with Crippen LogP contribution in [-0.4, -0.2) is 11.7 Å². The van der Waals surface area contributed by atoms with E-state index in [2.05, 4.69) is 19.9 Å². The summed E-state index contributed by atoms with van der Waals surface area (Å²) in [4.78, 5) is 12.7. The smallest absolute Gasteiger partial charge is 0.204 e. The molecule has 4 heteroatoms. The lowest BCUT2D eigenvalue weighted by atomic mass is 9.64. The molecule has 3 rings (SSSR count). The van der Waals surface area contributed by atoms with Crippen LogP contribution in [0.25, 0.3) is 0 Å². The lowest BCUT2D eigenvalue weighted by Gasteiger charge is -2.42. The Bertz CT molecular complexity index is 576. The molecule has 0 saturated heterocycles. The molecule has 22 heavy (non-hydrogen) atoms. The van der Waals surface area contributed by atoms with E-state index in [0.29, 0.717) is 24.5 Å².